The molecule has 636 valence electrons. The van der Waals surface area contributed by atoms with Crippen molar-refractivity contribution >= 4 is 125 Å². The van der Waals surface area contributed by atoms with Gasteiger partial charge >= 0.3 is 0 Å². The number of nitrogens with zero attached hydrogens (tertiary/aromatic N) is 6. The monoisotopic (exact) mass is 1690 g/mol. The van der Waals surface area contributed by atoms with Crippen LogP contribution in [0.1, 0.15) is 216 Å². The van der Waals surface area contributed by atoms with Gasteiger partial charge in [-0.2, -0.15) is 0 Å². The fourth-order valence-corrected chi connectivity index (χ4v) is 16.5. The molecular formula is C85H142N14O7S7. The maximum absolute atomic E-state index is 11.9. The standard InChI is InChI=1S/C14H24N2OS.C13H22N2OS.3C12H20N2OS.2C11H18N2OS/c1-14(2,3)10-11(12(17)13(10)18)16(6)9-7-8-15(4)5;1-13(2,3)9-10(11(16)12(9)17)15(5)8-6-7-14-4;1-12(2,3)8-9(10(15)11(8)16)14(5)7-6-13-4;1-12(2,3)8-9(10(15)11(8)16)14(4)7-5-6-13;1-12(2,3)8-9(10(15)11(8)16)14-7-5-6-13-4;1-11(2,3)7-8(9(14)10(7)15)13(4)6-5-12;1-11(2,3)7-8(9(14)10(7)15)13-6-4-5-12/h7-9H2,1-6H3;14H,6-8H2,1-5H3;13H,6-7H2,1-5H3;5-7,13H2,1-4H3;13-14H,5-7H2,1-4H3;5-6,12H2,1-4H3;13H,4-6,12H2,1-3H3. The van der Waals surface area contributed by atoms with Crippen LogP contribution < -0.4 is 106 Å². The van der Waals surface area contributed by atoms with Gasteiger partial charge in [-0.05, 0) is 138 Å². The van der Waals surface area contributed by atoms with Gasteiger partial charge in [0.05, 0.1) is 71.4 Å². The summed E-state index contributed by atoms with van der Waals surface area (Å²) >= 11 is 35.9. The van der Waals surface area contributed by atoms with E-state index in [1.807, 2.05) is 76.0 Å². The van der Waals surface area contributed by atoms with Crippen molar-refractivity contribution in [3.05, 3.63) is 142 Å². The zero-order valence-electron chi connectivity index (χ0n) is 74.6. The molecular weight excluding hydrogens is 1550 g/mol. The van der Waals surface area contributed by atoms with Gasteiger partial charge in [0.1, 0.15) is 0 Å². The molecule has 0 heterocycles. The zero-order chi connectivity index (χ0) is 88.1. The highest BCUT2D eigenvalue weighted by molar-refractivity contribution is 7.72. The van der Waals surface area contributed by atoms with Gasteiger partial charge in [-0.25, -0.2) is 0 Å². The maximum Gasteiger partial charge on any atom is 0.220 e. The van der Waals surface area contributed by atoms with Crippen molar-refractivity contribution in [2.24, 2.45) is 17.2 Å². The van der Waals surface area contributed by atoms with E-state index in [1.165, 1.54) is 0 Å². The van der Waals surface area contributed by atoms with Gasteiger partial charge in [0.15, 0.2) is 0 Å². The van der Waals surface area contributed by atoms with E-state index in [9.17, 15) is 33.6 Å². The van der Waals surface area contributed by atoms with E-state index in [0.29, 0.717) is 63.4 Å². The Morgan fingerprint density at radius 3 is 0.735 bits per heavy atom. The Morgan fingerprint density at radius 1 is 0.257 bits per heavy atom. The molecule has 0 radical (unpaired) electrons. The second kappa shape index (κ2) is 45.1. The molecule has 0 unspecified atom stereocenters. The maximum atomic E-state index is 11.9. The number of nitrogens with two attached hydrogens (primary N) is 3. The van der Waals surface area contributed by atoms with Crippen molar-refractivity contribution in [3.8, 4) is 0 Å². The minimum absolute atomic E-state index is 0.00406. The lowest BCUT2D eigenvalue weighted by molar-refractivity contribution is 0.401. The summed E-state index contributed by atoms with van der Waals surface area (Å²) in [6.07, 6.45) is 4.81. The molecule has 0 bridgehead atoms. The molecule has 113 heavy (non-hydrogen) atoms. The zero-order valence-corrected chi connectivity index (χ0v) is 80.3. The Hall–Kier alpha value is -5.18. The van der Waals surface area contributed by atoms with E-state index >= 15 is 0 Å². The van der Waals surface area contributed by atoms with Crippen molar-refractivity contribution in [1.82, 2.24) is 20.9 Å². The number of anilines is 7. The van der Waals surface area contributed by atoms with E-state index in [1.54, 1.807) is 0 Å². The lowest BCUT2D eigenvalue weighted by Crippen LogP contribution is -2.37. The van der Waals surface area contributed by atoms with Gasteiger partial charge in [-0.15, -0.1) is 0 Å². The molecule has 0 fully saturated rings. The highest BCUT2D eigenvalue weighted by Gasteiger charge is 2.35. The molecule has 0 aliphatic rings. The molecule has 11 N–H and O–H groups in total. The van der Waals surface area contributed by atoms with Gasteiger partial charge in [0.25, 0.3) is 0 Å². The van der Waals surface area contributed by atoms with Crippen LogP contribution >= 0.6 is 85.5 Å². The minimum Gasteiger partial charge on any atom is -0.382 e. The third kappa shape index (κ3) is 28.8. The topological polar surface area (TPSA) is 277 Å². The quantitative estimate of drug-likeness (QED) is 0.0153. The first-order valence-electron chi connectivity index (χ1n) is 39.2. The third-order valence-electron chi connectivity index (χ3n) is 18.9. The lowest BCUT2D eigenvalue weighted by Gasteiger charge is -2.31. The molecule has 7 aromatic rings. The Bertz CT molecular complexity index is 4650. The highest BCUT2D eigenvalue weighted by Crippen LogP contribution is 2.38. The van der Waals surface area contributed by atoms with E-state index < -0.39 is 0 Å². The average molecular weight is 1700 g/mol. The van der Waals surface area contributed by atoms with Gasteiger partial charge in [0.2, 0.25) is 38.0 Å². The highest BCUT2D eigenvalue weighted by atomic mass is 32.1. The van der Waals surface area contributed by atoms with Crippen molar-refractivity contribution in [1.29, 1.82) is 0 Å². The van der Waals surface area contributed by atoms with E-state index in [0.717, 1.165) is 171 Å². The Labute approximate surface area is 712 Å². The van der Waals surface area contributed by atoms with Crippen LogP contribution in [-0.4, -0.2) is 167 Å². The van der Waals surface area contributed by atoms with Gasteiger partial charge in [-0.3, -0.25) is 33.6 Å². The SMILES string of the molecule is CC(C)(C)c1c(NCCCN)c(=O)c1=S.CN(C)CCCN(C)c1c(C(C)(C)C)c(=S)c1=O.CN(CCCN)c1c(C(C)(C)C)c(=S)c1=O.CN(CCN)c1c(C(C)(C)C)c(=S)c1=O.CNCCCN(C)c1c(C(C)(C)C)c(=S)c1=O.CNCCCNc1c(C(C)(C)C)c(=S)c1=O.CNCCN(C)c1c(C(C)(C)C)c(=S)c1=O. The molecule has 21 nitrogen and oxygen atoms in total. The van der Waals surface area contributed by atoms with Crippen molar-refractivity contribution < 1.29 is 0 Å². The summed E-state index contributed by atoms with van der Waals surface area (Å²) in [5.74, 6) is 0. The summed E-state index contributed by atoms with van der Waals surface area (Å²) in [7, 11) is 19.6. The smallest absolute Gasteiger partial charge is 0.220 e. The summed E-state index contributed by atoms with van der Waals surface area (Å²) in [5, 5.41) is 15.6. The molecule has 0 aliphatic carbocycles. The summed E-state index contributed by atoms with van der Waals surface area (Å²) in [5.41, 5.74) is 28.6. The van der Waals surface area contributed by atoms with Crippen LogP contribution in [0.3, 0.4) is 0 Å². The second-order valence-electron chi connectivity index (χ2n) is 36.7. The minimum atomic E-state index is -0.0663. The fourth-order valence-electron chi connectivity index (χ4n) is 13.0. The molecule has 0 saturated carbocycles. The molecule has 0 spiro atoms. The number of nitrogens with one attached hydrogen (secondary N) is 5. The third-order valence-corrected chi connectivity index (χ3v) is 21.6. The molecule has 7 aromatic carbocycles. The van der Waals surface area contributed by atoms with Crippen LogP contribution in [0, 0.1) is 31.6 Å². The van der Waals surface area contributed by atoms with Crippen LogP contribution in [0.5, 0.6) is 0 Å². The van der Waals surface area contributed by atoms with Crippen LogP contribution in [0.2, 0.25) is 0 Å². The van der Waals surface area contributed by atoms with E-state index in [2.05, 4.69) is 196 Å². The summed E-state index contributed by atoms with van der Waals surface area (Å²) in [6, 6.07) is 0. The van der Waals surface area contributed by atoms with Crippen LogP contribution in [0.25, 0.3) is 0 Å². The van der Waals surface area contributed by atoms with Crippen molar-refractivity contribution in [2.45, 2.75) is 215 Å². The average Bonchev–Trinajstić information content (AvgIpc) is 0.772. The lowest BCUT2D eigenvalue weighted by atomic mass is 9.82. The van der Waals surface area contributed by atoms with Crippen molar-refractivity contribution in [3.63, 3.8) is 0 Å². The Kier molecular flexibility index (Phi) is 42.3. The van der Waals surface area contributed by atoms with Crippen LogP contribution in [0.4, 0.5) is 39.8 Å². The number of hydrogen-bond donors (Lipinski definition) is 8. The van der Waals surface area contributed by atoms with Crippen LogP contribution in [-0.2, 0) is 37.9 Å². The predicted octanol–water partition coefficient (Wildman–Crippen LogP) is 12.7. The number of rotatable bonds is 30. The molecule has 0 saturated heterocycles. The normalized spacial score (nSPS) is 12.1. The molecule has 0 amide bonds. The largest absolute Gasteiger partial charge is 0.382 e. The summed E-state index contributed by atoms with van der Waals surface area (Å²) in [4.78, 5) is 94.2. The molecule has 0 aliphatic heterocycles. The Balaban J connectivity index is 0.000000660. The number of likely N-dealkylation sites (N-methyl/N-ethyl adjacent to an activating group) is 3. The Morgan fingerprint density at radius 2 is 0.487 bits per heavy atom. The summed E-state index contributed by atoms with van der Waals surface area (Å²) < 4.78 is 3.54. The molecule has 28 heteroatoms. The van der Waals surface area contributed by atoms with Gasteiger partial charge < -0.3 is 73.2 Å². The fraction of sp³-hybridized carbons (Fsp3) is 0.671. The first kappa shape index (κ1) is 106. The van der Waals surface area contributed by atoms with Gasteiger partial charge in [-0.1, -0.05) is 231 Å². The predicted molar refractivity (Wildman–Crippen MR) is 506 cm³/mol. The first-order chi connectivity index (χ1) is 51.7. The van der Waals surface area contributed by atoms with E-state index in [-0.39, 0.29) is 75.9 Å². The second-order valence-corrected chi connectivity index (χ2v) is 39.5. The molecule has 0 aromatic heterocycles. The van der Waals surface area contributed by atoms with Gasteiger partial charge in [0, 0.05) is 133 Å². The van der Waals surface area contributed by atoms with Crippen LogP contribution in [0.15, 0.2) is 33.6 Å². The number of hydrogen-bond acceptors (Lipinski definition) is 28. The first-order valence-corrected chi connectivity index (χ1v) is 42.1. The molecule has 7 rings (SSSR count). The summed E-state index contributed by atoms with van der Waals surface area (Å²) in [6.45, 7) is 55.0. The van der Waals surface area contributed by atoms with E-state index in [4.69, 9.17) is 103 Å². The van der Waals surface area contributed by atoms with Crippen molar-refractivity contribution in [2.75, 3.05) is 197 Å². The molecule has 0 atom stereocenters.